The summed E-state index contributed by atoms with van der Waals surface area (Å²) in [5.74, 6) is 0.783. The van der Waals surface area contributed by atoms with Crippen LogP contribution < -0.4 is 10.1 Å². The van der Waals surface area contributed by atoms with E-state index in [0.717, 1.165) is 12.1 Å². The van der Waals surface area contributed by atoms with Crippen molar-refractivity contribution >= 4 is 11.6 Å². The first kappa shape index (κ1) is 15.3. The van der Waals surface area contributed by atoms with Crippen LogP contribution in [0, 0.1) is 5.92 Å². The lowest BCUT2D eigenvalue weighted by atomic mass is 10.1. The molecule has 0 heterocycles. The van der Waals surface area contributed by atoms with Crippen LogP contribution in [-0.2, 0) is 0 Å². The average Bonchev–Trinajstić information content (AvgIpc) is 2.37. The standard InChI is InChI=1S/C14H22ClNO2/c1-4-16-11(3)12-5-6-14(13(15)7-12)18-9-10(2)8-17/h5-7,10-11,16-17H,4,8-9H2,1-3H3. The van der Waals surface area contributed by atoms with Gasteiger partial charge >= 0.3 is 0 Å². The summed E-state index contributed by atoms with van der Waals surface area (Å²) in [4.78, 5) is 0. The van der Waals surface area contributed by atoms with Crippen molar-refractivity contribution in [3.05, 3.63) is 28.8 Å². The molecule has 1 aromatic rings. The molecular weight excluding hydrogens is 250 g/mol. The predicted octanol–water partition coefficient (Wildman–Crippen LogP) is 3.02. The van der Waals surface area contributed by atoms with Gasteiger partial charge in [-0.05, 0) is 31.2 Å². The van der Waals surface area contributed by atoms with Gasteiger partial charge < -0.3 is 15.2 Å². The van der Waals surface area contributed by atoms with Crippen LogP contribution in [0.4, 0.5) is 0 Å². The monoisotopic (exact) mass is 271 g/mol. The minimum absolute atomic E-state index is 0.112. The van der Waals surface area contributed by atoms with E-state index in [4.69, 9.17) is 21.4 Å². The summed E-state index contributed by atoms with van der Waals surface area (Å²) in [5.41, 5.74) is 1.14. The minimum Gasteiger partial charge on any atom is -0.492 e. The smallest absolute Gasteiger partial charge is 0.137 e. The lowest BCUT2D eigenvalue weighted by Gasteiger charge is -2.16. The van der Waals surface area contributed by atoms with E-state index in [0.29, 0.717) is 17.4 Å². The average molecular weight is 272 g/mol. The fraction of sp³-hybridized carbons (Fsp3) is 0.571. The summed E-state index contributed by atoms with van der Waals surface area (Å²) >= 11 is 6.18. The van der Waals surface area contributed by atoms with Gasteiger partial charge in [-0.3, -0.25) is 0 Å². The van der Waals surface area contributed by atoms with Gasteiger partial charge in [0.1, 0.15) is 5.75 Å². The van der Waals surface area contributed by atoms with E-state index < -0.39 is 0 Å². The molecular formula is C14H22ClNO2. The molecule has 3 nitrogen and oxygen atoms in total. The SMILES string of the molecule is CCNC(C)c1ccc(OCC(C)CO)c(Cl)c1. The van der Waals surface area contributed by atoms with Gasteiger partial charge in [-0.15, -0.1) is 0 Å². The van der Waals surface area contributed by atoms with Crippen LogP contribution >= 0.6 is 11.6 Å². The third kappa shape index (κ3) is 4.48. The molecule has 0 fully saturated rings. The lowest BCUT2D eigenvalue weighted by molar-refractivity contribution is 0.174. The van der Waals surface area contributed by atoms with Crippen molar-refractivity contribution in [2.75, 3.05) is 19.8 Å². The molecule has 2 unspecified atom stereocenters. The topological polar surface area (TPSA) is 41.5 Å². The Kier molecular flexibility index (Phi) is 6.47. The van der Waals surface area contributed by atoms with Crippen molar-refractivity contribution in [2.24, 2.45) is 5.92 Å². The van der Waals surface area contributed by atoms with Gasteiger partial charge in [0.2, 0.25) is 0 Å². The van der Waals surface area contributed by atoms with E-state index in [2.05, 4.69) is 19.2 Å². The molecule has 0 amide bonds. The second-order valence-corrected chi connectivity index (χ2v) is 4.98. The first-order valence-corrected chi connectivity index (χ1v) is 6.72. The van der Waals surface area contributed by atoms with E-state index in [1.54, 1.807) is 0 Å². The van der Waals surface area contributed by atoms with Crippen LogP contribution in [0.5, 0.6) is 5.75 Å². The molecule has 4 heteroatoms. The number of nitrogens with one attached hydrogen (secondary N) is 1. The van der Waals surface area contributed by atoms with Crippen LogP contribution in [0.3, 0.4) is 0 Å². The number of rotatable bonds is 7. The van der Waals surface area contributed by atoms with Crippen LogP contribution in [0.2, 0.25) is 5.02 Å². The first-order chi connectivity index (χ1) is 8.58. The highest BCUT2D eigenvalue weighted by atomic mass is 35.5. The van der Waals surface area contributed by atoms with Crippen molar-refractivity contribution in [3.8, 4) is 5.75 Å². The van der Waals surface area contributed by atoms with Gasteiger partial charge in [-0.1, -0.05) is 31.5 Å². The van der Waals surface area contributed by atoms with Crippen LogP contribution in [0.1, 0.15) is 32.4 Å². The van der Waals surface area contributed by atoms with Crippen molar-refractivity contribution in [3.63, 3.8) is 0 Å². The number of aliphatic hydroxyl groups excluding tert-OH is 1. The highest BCUT2D eigenvalue weighted by molar-refractivity contribution is 6.32. The zero-order valence-electron chi connectivity index (χ0n) is 11.2. The normalized spacial score (nSPS) is 14.3. The Morgan fingerprint density at radius 1 is 1.39 bits per heavy atom. The Morgan fingerprint density at radius 3 is 2.67 bits per heavy atom. The van der Waals surface area contributed by atoms with Gasteiger partial charge in [-0.25, -0.2) is 0 Å². The summed E-state index contributed by atoms with van der Waals surface area (Å²) in [6, 6.07) is 6.10. The Hall–Kier alpha value is -0.770. The summed E-state index contributed by atoms with van der Waals surface area (Å²) in [6.07, 6.45) is 0. The highest BCUT2D eigenvalue weighted by Crippen LogP contribution is 2.28. The Bertz CT molecular complexity index is 371. The second-order valence-electron chi connectivity index (χ2n) is 4.57. The number of halogens is 1. The van der Waals surface area contributed by atoms with Crippen molar-refractivity contribution in [1.29, 1.82) is 0 Å². The molecule has 0 aliphatic rings. The molecule has 1 aromatic carbocycles. The van der Waals surface area contributed by atoms with E-state index in [9.17, 15) is 0 Å². The maximum atomic E-state index is 8.94. The quantitative estimate of drug-likeness (QED) is 0.801. The first-order valence-electron chi connectivity index (χ1n) is 6.35. The third-order valence-electron chi connectivity index (χ3n) is 2.80. The van der Waals surface area contributed by atoms with E-state index in [-0.39, 0.29) is 18.6 Å². The molecule has 18 heavy (non-hydrogen) atoms. The van der Waals surface area contributed by atoms with Gasteiger partial charge in [-0.2, -0.15) is 0 Å². The molecule has 1 rings (SSSR count). The highest BCUT2D eigenvalue weighted by Gasteiger charge is 2.09. The van der Waals surface area contributed by atoms with Gasteiger partial charge in [0.05, 0.1) is 11.6 Å². The number of hydrogen-bond donors (Lipinski definition) is 2. The van der Waals surface area contributed by atoms with Crippen LogP contribution in [0.25, 0.3) is 0 Å². The van der Waals surface area contributed by atoms with Crippen molar-refractivity contribution in [1.82, 2.24) is 5.32 Å². The summed E-state index contributed by atoms with van der Waals surface area (Å²) in [6.45, 7) is 7.61. The molecule has 0 saturated carbocycles. The van der Waals surface area contributed by atoms with E-state index in [1.807, 2.05) is 25.1 Å². The van der Waals surface area contributed by atoms with Crippen molar-refractivity contribution < 1.29 is 9.84 Å². The maximum Gasteiger partial charge on any atom is 0.137 e. The molecule has 0 bridgehead atoms. The number of benzene rings is 1. The Morgan fingerprint density at radius 2 is 2.11 bits per heavy atom. The van der Waals surface area contributed by atoms with E-state index >= 15 is 0 Å². The van der Waals surface area contributed by atoms with Gasteiger partial charge in [0, 0.05) is 18.6 Å². The molecule has 102 valence electrons. The van der Waals surface area contributed by atoms with Gasteiger partial charge in [0.15, 0.2) is 0 Å². The molecule has 0 saturated heterocycles. The maximum absolute atomic E-state index is 8.94. The third-order valence-corrected chi connectivity index (χ3v) is 3.10. The Labute approximate surface area is 114 Å². The molecule has 0 radical (unpaired) electrons. The number of hydrogen-bond acceptors (Lipinski definition) is 3. The number of ether oxygens (including phenoxy) is 1. The fourth-order valence-electron chi connectivity index (χ4n) is 1.61. The lowest BCUT2D eigenvalue weighted by Crippen LogP contribution is -2.17. The molecule has 0 aliphatic heterocycles. The molecule has 0 aromatic heterocycles. The largest absolute Gasteiger partial charge is 0.492 e. The van der Waals surface area contributed by atoms with Crippen LogP contribution in [0.15, 0.2) is 18.2 Å². The van der Waals surface area contributed by atoms with E-state index in [1.165, 1.54) is 0 Å². The molecule has 0 aliphatic carbocycles. The van der Waals surface area contributed by atoms with Gasteiger partial charge in [0.25, 0.3) is 0 Å². The van der Waals surface area contributed by atoms with Crippen LogP contribution in [-0.4, -0.2) is 24.9 Å². The zero-order chi connectivity index (χ0) is 13.5. The predicted molar refractivity (Wildman–Crippen MR) is 75.3 cm³/mol. The second kappa shape index (κ2) is 7.62. The van der Waals surface area contributed by atoms with Crippen molar-refractivity contribution in [2.45, 2.75) is 26.8 Å². The summed E-state index contributed by atoms with van der Waals surface area (Å²) in [5, 5.41) is 12.9. The molecule has 2 N–H and O–H groups in total. The fourth-order valence-corrected chi connectivity index (χ4v) is 1.86. The molecule has 2 atom stereocenters. The Balaban J connectivity index is 2.67. The number of aliphatic hydroxyl groups is 1. The summed E-state index contributed by atoms with van der Waals surface area (Å²) in [7, 11) is 0. The minimum atomic E-state index is 0.112. The summed E-state index contributed by atoms with van der Waals surface area (Å²) < 4.78 is 5.57. The molecule has 0 spiro atoms. The zero-order valence-corrected chi connectivity index (χ0v) is 12.0.